The molecule has 4 nitrogen and oxygen atoms in total. The maximum absolute atomic E-state index is 13.4. The van der Waals surface area contributed by atoms with Crippen LogP contribution >= 0.6 is 0 Å². The van der Waals surface area contributed by atoms with Crippen LogP contribution in [0.1, 0.15) is 0 Å². The summed E-state index contributed by atoms with van der Waals surface area (Å²) in [6.07, 6.45) is 2.95. The predicted molar refractivity (Wildman–Crippen MR) is 111 cm³/mol. The molecule has 3 aromatic carbocycles. The van der Waals surface area contributed by atoms with Crippen molar-refractivity contribution in [2.75, 3.05) is 6.26 Å². The Morgan fingerprint density at radius 1 is 0.828 bits per heavy atom. The highest BCUT2D eigenvalue weighted by Crippen LogP contribution is 2.42. The van der Waals surface area contributed by atoms with Crippen molar-refractivity contribution in [3.8, 4) is 33.8 Å². The van der Waals surface area contributed by atoms with Gasteiger partial charge in [0.05, 0.1) is 10.5 Å². The topological polar surface area (TPSA) is 59.3 Å². The van der Waals surface area contributed by atoms with Crippen molar-refractivity contribution in [2.45, 2.75) is 4.90 Å². The predicted octanol–water partition coefficient (Wildman–Crippen LogP) is 5.06. The Labute approximate surface area is 168 Å². The van der Waals surface area contributed by atoms with Crippen LogP contribution < -0.4 is 0 Å². The van der Waals surface area contributed by atoms with Gasteiger partial charge in [-0.25, -0.2) is 12.8 Å². The van der Waals surface area contributed by atoms with E-state index >= 15 is 0 Å². The summed E-state index contributed by atoms with van der Waals surface area (Å²) in [5.74, 6) is -0.347. The summed E-state index contributed by atoms with van der Waals surface area (Å²) in [5, 5.41) is 11.0. The summed E-state index contributed by atoms with van der Waals surface area (Å²) in [5.41, 5.74) is 3.41. The van der Waals surface area contributed by atoms with E-state index < -0.39 is 9.84 Å². The third kappa shape index (κ3) is 3.67. The van der Waals surface area contributed by atoms with Crippen molar-refractivity contribution in [1.29, 1.82) is 0 Å². The van der Waals surface area contributed by atoms with Crippen LogP contribution in [0, 0.1) is 5.82 Å². The number of sulfone groups is 1. The molecule has 1 N–H and O–H groups in total. The van der Waals surface area contributed by atoms with Crippen LogP contribution in [0.5, 0.6) is 5.88 Å². The molecule has 4 aromatic rings. The van der Waals surface area contributed by atoms with Crippen molar-refractivity contribution in [2.24, 2.45) is 0 Å². The second-order valence-corrected chi connectivity index (χ2v) is 8.77. The summed E-state index contributed by atoms with van der Waals surface area (Å²) < 4.78 is 38.6. The van der Waals surface area contributed by atoms with Gasteiger partial charge in [0.15, 0.2) is 9.84 Å². The zero-order valence-corrected chi connectivity index (χ0v) is 16.4. The number of aromatic hydroxyl groups is 1. The molecule has 6 heteroatoms. The molecule has 0 unspecified atom stereocenters. The molecule has 0 aliphatic heterocycles. The molecule has 4 rings (SSSR count). The van der Waals surface area contributed by atoms with Crippen LogP contribution in [-0.2, 0) is 9.84 Å². The van der Waals surface area contributed by atoms with E-state index in [0.29, 0.717) is 16.7 Å². The molecular weight excluding hydrogens is 389 g/mol. The number of hydrogen-bond donors (Lipinski definition) is 1. The first-order valence-corrected chi connectivity index (χ1v) is 10.8. The zero-order valence-electron chi connectivity index (χ0n) is 15.6. The number of para-hydroxylation sites is 1. The maximum Gasteiger partial charge on any atom is 0.204 e. The zero-order chi connectivity index (χ0) is 20.6. The summed E-state index contributed by atoms with van der Waals surface area (Å²) >= 11 is 0. The Bertz CT molecular complexity index is 1260. The number of rotatable bonds is 4. The van der Waals surface area contributed by atoms with Crippen molar-refractivity contribution in [1.82, 2.24) is 4.57 Å². The van der Waals surface area contributed by atoms with Gasteiger partial charge in [0, 0.05) is 23.7 Å². The molecule has 0 amide bonds. The number of halogens is 1. The normalized spacial score (nSPS) is 11.5. The highest BCUT2D eigenvalue weighted by atomic mass is 32.2. The van der Waals surface area contributed by atoms with Gasteiger partial charge in [-0.1, -0.05) is 42.5 Å². The van der Waals surface area contributed by atoms with E-state index in [0.717, 1.165) is 17.5 Å². The fourth-order valence-electron chi connectivity index (χ4n) is 3.28. The maximum atomic E-state index is 13.4. The molecule has 0 fully saturated rings. The van der Waals surface area contributed by atoms with Gasteiger partial charge in [-0.3, -0.25) is 4.57 Å². The lowest BCUT2D eigenvalue weighted by atomic mass is 9.99. The lowest BCUT2D eigenvalue weighted by Crippen LogP contribution is -1.96. The highest BCUT2D eigenvalue weighted by molar-refractivity contribution is 7.90. The van der Waals surface area contributed by atoms with Crippen molar-refractivity contribution in [3.63, 3.8) is 0 Å². The molecule has 29 heavy (non-hydrogen) atoms. The van der Waals surface area contributed by atoms with Crippen molar-refractivity contribution in [3.05, 3.63) is 90.9 Å². The molecule has 0 saturated carbocycles. The first-order chi connectivity index (χ1) is 13.8. The summed E-state index contributed by atoms with van der Waals surface area (Å²) in [6, 6.07) is 21.7. The third-order valence-electron chi connectivity index (χ3n) is 4.74. The van der Waals surface area contributed by atoms with Gasteiger partial charge in [0.25, 0.3) is 0 Å². The van der Waals surface area contributed by atoms with E-state index in [4.69, 9.17) is 0 Å². The Hall–Kier alpha value is -3.38. The van der Waals surface area contributed by atoms with E-state index in [9.17, 15) is 17.9 Å². The molecule has 0 saturated heterocycles. The van der Waals surface area contributed by atoms with Gasteiger partial charge in [0.2, 0.25) is 5.88 Å². The molecule has 1 heterocycles. The van der Waals surface area contributed by atoms with E-state index in [1.54, 1.807) is 35.0 Å². The average Bonchev–Trinajstić information content (AvgIpc) is 3.06. The minimum atomic E-state index is -3.31. The first kappa shape index (κ1) is 19.0. The fraction of sp³-hybridized carbons (Fsp3) is 0.0435. The van der Waals surface area contributed by atoms with Crippen LogP contribution in [0.25, 0.3) is 27.9 Å². The number of nitrogens with zero attached hydrogens (tertiary/aromatic N) is 1. The summed E-state index contributed by atoms with van der Waals surface area (Å²) in [6.45, 7) is 0. The molecule has 1 aromatic heterocycles. The Balaban J connectivity index is 1.93. The minimum absolute atomic E-state index is 0.0185. The first-order valence-electron chi connectivity index (χ1n) is 8.91. The standard InChI is InChI=1S/C23H18FNO3S/c1-29(27,28)20-13-9-16(10-14-20)21-15-25(19-5-3-2-4-6-19)23(26)22(21)17-7-11-18(24)12-8-17/h2-15,26H,1H3. The fourth-order valence-corrected chi connectivity index (χ4v) is 3.91. The minimum Gasteiger partial charge on any atom is -0.494 e. The Kier molecular flexibility index (Phi) is 4.72. The second kappa shape index (κ2) is 7.22. The molecular formula is C23H18FNO3S. The largest absolute Gasteiger partial charge is 0.494 e. The van der Waals surface area contributed by atoms with Gasteiger partial charge in [-0.05, 0) is 47.5 Å². The Morgan fingerprint density at radius 3 is 2.00 bits per heavy atom. The SMILES string of the molecule is CS(=O)(=O)c1ccc(-c2cn(-c3ccccc3)c(O)c2-c2ccc(F)cc2)cc1. The molecule has 0 bridgehead atoms. The Morgan fingerprint density at radius 2 is 1.41 bits per heavy atom. The van der Waals surface area contributed by atoms with Crippen LogP contribution in [0.4, 0.5) is 4.39 Å². The van der Waals surface area contributed by atoms with Crippen LogP contribution in [0.15, 0.2) is 90.0 Å². The van der Waals surface area contributed by atoms with Gasteiger partial charge in [-0.15, -0.1) is 0 Å². The number of hydrogen-bond acceptors (Lipinski definition) is 3. The van der Waals surface area contributed by atoms with E-state index in [1.807, 2.05) is 30.3 Å². The van der Waals surface area contributed by atoms with Crippen LogP contribution in [0.3, 0.4) is 0 Å². The summed E-state index contributed by atoms with van der Waals surface area (Å²) in [7, 11) is -3.31. The van der Waals surface area contributed by atoms with Crippen LogP contribution in [-0.4, -0.2) is 24.3 Å². The number of aromatic nitrogens is 1. The van der Waals surface area contributed by atoms with E-state index in [2.05, 4.69) is 0 Å². The molecule has 0 aliphatic carbocycles. The lowest BCUT2D eigenvalue weighted by Gasteiger charge is -2.07. The van der Waals surface area contributed by atoms with Gasteiger partial charge in [0.1, 0.15) is 5.82 Å². The second-order valence-electron chi connectivity index (χ2n) is 6.75. The number of benzene rings is 3. The average molecular weight is 407 g/mol. The smallest absolute Gasteiger partial charge is 0.204 e. The van der Waals surface area contributed by atoms with Crippen molar-refractivity contribution >= 4 is 9.84 Å². The summed E-state index contributed by atoms with van der Waals surface area (Å²) in [4.78, 5) is 0.219. The monoisotopic (exact) mass is 407 g/mol. The van der Waals surface area contributed by atoms with Crippen molar-refractivity contribution < 1.29 is 17.9 Å². The van der Waals surface area contributed by atoms with E-state index in [-0.39, 0.29) is 16.6 Å². The third-order valence-corrected chi connectivity index (χ3v) is 5.87. The van der Waals surface area contributed by atoms with Gasteiger partial charge in [-0.2, -0.15) is 0 Å². The highest BCUT2D eigenvalue weighted by Gasteiger charge is 2.20. The molecule has 0 spiro atoms. The molecule has 0 atom stereocenters. The molecule has 0 radical (unpaired) electrons. The quantitative estimate of drug-likeness (QED) is 0.514. The lowest BCUT2D eigenvalue weighted by molar-refractivity contribution is 0.445. The van der Waals surface area contributed by atoms with Crippen LogP contribution in [0.2, 0.25) is 0 Å². The molecule has 0 aliphatic rings. The van der Waals surface area contributed by atoms with Gasteiger partial charge >= 0.3 is 0 Å². The molecule has 146 valence electrons. The van der Waals surface area contributed by atoms with Gasteiger partial charge < -0.3 is 5.11 Å². The van der Waals surface area contributed by atoms with E-state index in [1.165, 1.54) is 24.3 Å².